The number of amides is 2. The monoisotopic (exact) mass is 711 g/mol. The number of rotatable bonds is 14. The molecule has 4 rings (SSSR count). The van der Waals surface area contributed by atoms with Crippen LogP contribution in [-0.4, -0.2) is 50.5 Å². The summed E-state index contributed by atoms with van der Waals surface area (Å²) in [6.07, 6.45) is 2.11. The maximum absolute atomic E-state index is 14.6. The molecule has 4 aromatic carbocycles. The van der Waals surface area contributed by atoms with E-state index in [1.807, 2.05) is 57.4 Å². The third kappa shape index (κ3) is 9.76. The molecule has 0 aliphatic rings. The molecule has 248 valence electrons. The van der Waals surface area contributed by atoms with Crippen LogP contribution in [0.3, 0.4) is 0 Å². The van der Waals surface area contributed by atoms with Crippen molar-refractivity contribution in [2.45, 2.75) is 49.6 Å². The number of thioether (sulfide) groups is 1. The number of benzene rings is 4. The SMILES string of the molecule is CSc1ccc(S(=O)(=O)N(CC(=O)N(Cc2ccc(Cl)cc2Cl)C(Cc2ccccc2)C(=O)NCC(C)C)c2ccc(C)cc2)cc1. The molecule has 0 aliphatic heterocycles. The lowest BCUT2D eigenvalue weighted by atomic mass is 10.0. The van der Waals surface area contributed by atoms with Crippen LogP contribution in [0.2, 0.25) is 10.0 Å². The van der Waals surface area contributed by atoms with Crippen LogP contribution in [0.1, 0.15) is 30.5 Å². The summed E-state index contributed by atoms with van der Waals surface area (Å²) in [4.78, 5) is 30.9. The minimum Gasteiger partial charge on any atom is -0.354 e. The Morgan fingerprint density at radius 3 is 2.15 bits per heavy atom. The summed E-state index contributed by atoms with van der Waals surface area (Å²) in [6, 6.07) is 26.9. The zero-order chi connectivity index (χ0) is 34.1. The highest BCUT2D eigenvalue weighted by Gasteiger charge is 2.35. The average molecular weight is 713 g/mol. The van der Waals surface area contributed by atoms with Gasteiger partial charge in [0.15, 0.2) is 0 Å². The molecule has 0 saturated heterocycles. The first-order chi connectivity index (χ1) is 22.4. The normalized spacial score (nSPS) is 12.1. The lowest BCUT2D eigenvalue weighted by Crippen LogP contribution is -2.53. The Kier molecular flexibility index (Phi) is 12.8. The molecule has 0 radical (unpaired) electrons. The van der Waals surface area contributed by atoms with Crippen molar-refractivity contribution in [3.8, 4) is 0 Å². The number of carbonyl (C=O) groups is 2. The van der Waals surface area contributed by atoms with E-state index < -0.39 is 28.5 Å². The summed E-state index contributed by atoms with van der Waals surface area (Å²) >= 11 is 14.3. The number of nitrogens with one attached hydrogen (secondary N) is 1. The number of halogens is 2. The number of carbonyl (C=O) groups excluding carboxylic acids is 2. The molecule has 4 aromatic rings. The summed E-state index contributed by atoms with van der Waals surface area (Å²) in [5, 5.41) is 3.74. The molecule has 0 aliphatic carbocycles. The predicted octanol–water partition coefficient (Wildman–Crippen LogP) is 7.63. The predicted molar refractivity (Wildman–Crippen MR) is 193 cm³/mol. The van der Waals surface area contributed by atoms with Gasteiger partial charge in [-0.15, -0.1) is 11.8 Å². The van der Waals surface area contributed by atoms with E-state index in [0.717, 1.165) is 20.3 Å². The zero-order valence-corrected chi connectivity index (χ0v) is 30.0. The van der Waals surface area contributed by atoms with Gasteiger partial charge in [-0.1, -0.05) is 91.1 Å². The summed E-state index contributed by atoms with van der Waals surface area (Å²) < 4.78 is 29.6. The van der Waals surface area contributed by atoms with E-state index in [1.54, 1.807) is 54.6 Å². The van der Waals surface area contributed by atoms with Crippen LogP contribution in [-0.2, 0) is 32.6 Å². The molecule has 47 heavy (non-hydrogen) atoms. The van der Waals surface area contributed by atoms with Crippen LogP contribution >= 0.6 is 35.0 Å². The minimum atomic E-state index is -4.20. The lowest BCUT2D eigenvalue weighted by molar-refractivity contribution is -0.140. The van der Waals surface area contributed by atoms with Crippen LogP contribution in [0.25, 0.3) is 0 Å². The number of anilines is 1. The molecule has 0 bridgehead atoms. The third-order valence-electron chi connectivity index (χ3n) is 7.56. The minimum absolute atomic E-state index is 0.0477. The maximum atomic E-state index is 14.6. The van der Waals surface area contributed by atoms with Crippen molar-refractivity contribution < 1.29 is 18.0 Å². The molecule has 1 atom stereocenters. The van der Waals surface area contributed by atoms with Gasteiger partial charge >= 0.3 is 0 Å². The van der Waals surface area contributed by atoms with Crippen molar-refractivity contribution in [3.05, 3.63) is 124 Å². The molecule has 2 amide bonds. The van der Waals surface area contributed by atoms with Gasteiger partial charge in [0.25, 0.3) is 10.0 Å². The molecule has 0 fully saturated rings. The summed E-state index contributed by atoms with van der Waals surface area (Å²) in [6.45, 7) is 5.67. The first-order valence-electron chi connectivity index (χ1n) is 15.2. The maximum Gasteiger partial charge on any atom is 0.264 e. The first kappa shape index (κ1) is 36.3. The van der Waals surface area contributed by atoms with Crippen molar-refractivity contribution in [3.63, 3.8) is 0 Å². The summed E-state index contributed by atoms with van der Waals surface area (Å²) in [5.41, 5.74) is 2.67. The zero-order valence-electron chi connectivity index (χ0n) is 26.8. The van der Waals surface area contributed by atoms with Crippen molar-refractivity contribution in [1.29, 1.82) is 0 Å². The topological polar surface area (TPSA) is 86.8 Å². The van der Waals surface area contributed by atoms with E-state index in [0.29, 0.717) is 27.8 Å². The van der Waals surface area contributed by atoms with Crippen molar-refractivity contribution in [1.82, 2.24) is 10.2 Å². The van der Waals surface area contributed by atoms with E-state index >= 15 is 0 Å². The van der Waals surface area contributed by atoms with E-state index in [9.17, 15) is 18.0 Å². The Labute approximate surface area is 292 Å². The second kappa shape index (κ2) is 16.6. The van der Waals surface area contributed by atoms with Crippen molar-refractivity contribution in [2.24, 2.45) is 5.92 Å². The van der Waals surface area contributed by atoms with Crippen LogP contribution in [0.5, 0.6) is 0 Å². The van der Waals surface area contributed by atoms with E-state index in [2.05, 4.69) is 5.32 Å². The molecule has 1 unspecified atom stereocenters. The van der Waals surface area contributed by atoms with Gasteiger partial charge in [-0.25, -0.2) is 8.42 Å². The molecule has 11 heteroatoms. The van der Waals surface area contributed by atoms with Crippen LogP contribution < -0.4 is 9.62 Å². The quantitative estimate of drug-likeness (QED) is 0.136. The molecule has 0 spiro atoms. The number of hydrogen-bond donors (Lipinski definition) is 1. The second-order valence-electron chi connectivity index (χ2n) is 11.6. The highest BCUT2D eigenvalue weighted by Crippen LogP contribution is 2.28. The molecule has 0 saturated carbocycles. The molecule has 7 nitrogen and oxygen atoms in total. The fourth-order valence-corrected chi connectivity index (χ4v) is 7.22. The van der Waals surface area contributed by atoms with Crippen LogP contribution in [0.4, 0.5) is 5.69 Å². The van der Waals surface area contributed by atoms with Gasteiger partial charge in [0.1, 0.15) is 12.6 Å². The molecule has 1 N–H and O–H groups in total. The van der Waals surface area contributed by atoms with E-state index in [-0.39, 0.29) is 29.7 Å². The van der Waals surface area contributed by atoms with E-state index in [4.69, 9.17) is 23.2 Å². The number of sulfonamides is 1. The van der Waals surface area contributed by atoms with Gasteiger partial charge in [-0.3, -0.25) is 13.9 Å². The van der Waals surface area contributed by atoms with E-state index in [1.165, 1.54) is 28.8 Å². The smallest absolute Gasteiger partial charge is 0.264 e. The molecular weight excluding hydrogens is 673 g/mol. The summed E-state index contributed by atoms with van der Waals surface area (Å²) in [5.74, 6) is -0.745. The second-order valence-corrected chi connectivity index (χ2v) is 15.2. The van der Waals surface area contributed by atoms with Gasteiger partial charge in [0.05, 0.1) is 10.6 Å². The Morgan fingerprint density at radius 1 is 0.894 bits per heavy atom. The lowest BCUT2D eigenvalue weighted by Gasteiger charge is -2.34. The highest BCUT2D eigenvalue weighted by molar-refractivity contribution is 7.98. The Balaban J connectivity index is 1.81. The third-order valence-corrected chi connectivity index (χ3v) is 10.7. The van der Waals surface area contributed by atoms with Gasteiger partial charge in [0.2, 0.25) is 11.8 Å². The molecule has 0 aromatic heterocycles. The van der Waals surface area contributed by atoms with Gasteiger partial charge in [-0.2, -0.15) is 0 Å². The Bertz CT molecular complexity index is 1770. The van der Waals surface area contributed by atoms with Gasteiger partial charge in [0, 0.05) is 34.5 Å². The average Bonchev–Trinajstić information content (AvgIpc) is 3.05. The fraction of sp³-hybridized carbons (Fsp3) is 0.278. The Morgan fingerprint density at radius 2 is 1.55 bits per heavy atom. The van der Waals surface area contributed by atoms with Crippen molar-refractivity contribution >= 4 is 62.5 Å². The largest absolute Gasteiger partial charge is 0.354 e. The standard InChI is InChI=1S/C36H39Cl2N3O4S2/c1-25(2)22-39-36(43)34(20-27-8-6-5-7-9-27)40(23-28-12-13-29(37)21-33(28)38)35(42)24-41(30-14-10-26(3)11-15-30)47(44,45)32-18-16-31(46-4)17-19-32/h5-19,21,25,34H,20,22-24H2,1-4H3,(H,39,43). The number of nitrogens with zero attached hydrogens (tertiary/aromatic N) is 2. The van der Waals surface area contributed by atoms with Gasteiger partial charge in [-0.05, 0) is 78.8 Å². The molecule has 0 heterocycles. The molecular formula is C36H39Cl2N3O4S2. The van der Waals surface area contributed by atoms with Crippen LogP contribution in [0.15, 0.2) is 107 Å². The number of aryl methyl sites for hydroxylation is 1. The first-order valence-corrected chi connectivity index (χ1v) is 18.6. The van der Waals surface area contributed by atoms with Crippen molar-refractivity contribution in [2.75, 3.05) is 23.7 Å². The number of hydrogen-bond acceptors (Lipinski definition) is 5. The highest BCUT2D eigenvalue weighted by atomic mass is 35.5. The summed E-state index contributed by atoms with van der Waals surface area (Å²) in [7, 11) is -4.20. The van der Waals surface area contributed by atoms with Gasteiger partial charge < -0.3 is 10.2 Å². The fourth-order valence-electron chi connectivity index (χ4n) is 4.92. The van der Waals surface area contributed by atoms with Crippen LogP contribution in [0, 0.1) is 12.8 Å². The Hall–Kier alpha value is -3.50.